The third kappa shape index (κ3) is 3.65. The zero-order chi connectivity index (χ0) is 17.3. The molecule has 2 heterocycles. The topological polar surface area (TPSA) is 45.2 Å². The second-order valence-corrected chi connectivity index (χ2v) is 6.33. The van der Waals surface area contributed by atoms with Gasteiger partial charge in [-0.05, 0) is 48.6 Å². The van der Waals surface area contributed by atoms with E-state index < -0.39 is 12.1 Å². The van der Waals surface area contributed by atoms with Crippen LogP contribution >= 0.6 is 11.6 Å². The summed E-state index contributed by atoms with van der Waals surface area (Å²) in [4.78, 5) is 3.96. The highest BCUT2D eigenvalue weighted by Crippen LogP contribution is 2.49. The molecule has 7 heteroatoms. The predicted octanol–water partition coefficient (Wildman–Crippen LogP) is 4.87. The maximum absolute atomic E-state index is 13.3. The van der Waals surface area contributed by atoms with Crippen LogP contribution in [0.15, 0.2) is 36.5 Å². The smallest absolute Gasteiger partial charge is 0.396 e. The average molecular weight is 357 g/mol. The molecule has 0 radical (unpaired) electrons. The summed E-state index contributed by atoms with van der Waals surface area (Å²) in [5.41, 5.74) is 0.628. The molecule has 128 valence electrons. The molecule has 1 aromatic heterocycles. The first-order valence-electron chi connectivity index (χ1n) is 7.59. The van der Waals surface area contributed by atoms with Gasteiger partial charge in [0.1, 0.15) is 11.7 Å². The van der Waals surface area contributed by atoms with Gasteiger partial charge in [-0.25, -0.2) is 4.98 Å². The van der Waals surface area contributed by atoms with Crippen LogP contribution in [-0.2, 0) is 0 Å². The standard InChI is InChI=1S/C13H8ClF3N2.C4H8O/c14-7-3-4-10-9(6-7)11(13(15,16)17)8-2-1-5-18-12(8)19-10;5-3-4-1-2-4/h1-6,11H,(H,18,19);4-5H,1-3H2/t11-;/m0./s1. The molecule has 1 aliphatic heterocycles. The van der Waals surface area contributed by atoms with Crippen molar-refractivity contribution in [3.8, 4) is 0 Å². The molecule has 2 aromatic rings. The molecule has 2 aliphatic rings. The Labute approximate surface area is 142 Å². The summed E-state index contributed by atoms with van der Waals surface area (Å²) in [5.74, 6) is -0.777. The number of aromatic nitrogens is 1. The number of anilines is 2. The first-order chi connectivity index (χ1) is 11.4. The fourth-order valence-electron chi connectivity index (χ4n) is 2.59. The minimum Gasteiger partial charge on any atom is -0.396 e. The first kappa shape index (κ1) is 17.0. The summed E-state index contributed by atoms with van der Waals surface area (Å²) in [6.45, 7) is 0.417. The van der Waals surface area contributed by atoms with Crippen LogP contribution in [0, 0.1) is 5.92 Å². The Morgan fingerprint density at radius 3 is 2.54 bits per heavy atom. The van der Waals surface area contributed by atoms with Crippen LogP contribution in [0.2, 0.25) is 5.02 Å². The average Bonchev–Trinajstić information content (AvgIpc) is 3.36. The summed E-state index contributed by atoms with van der Waals surface area (Å²) in [7, 11) is 0. The normalized spacial score (nSPS) is 18.6. The van der Waals surface area contributed by atoms with Gasteiger partial charge >= 0.3 is 6.18 Å². The molecule has 0 unspecified atom stereocenters. The summed E-state index contributed by atoms with van der Waals surface area (Å²) < 4.78 is 40.0. The molecule has 0 saturated heterocycles. The van der Waals surface area contributed by atoms with Crippen molar-refractivity contribution in [2.45, 2.75) is 24.9 Å². The Bertz CT molecular complexity index is 732. The number of fused-ring (bicyclic) bond motifs is 2. The highest BCUT2D eigenvalue weighted by molar-refractivity contribution is 6.30. The number of nitrogens with zero attached hydrogens (tertiary/aromatic N) is 1. The van der Waals surface area contributed by atoms with Gasteiger partial charge in [-0.15, -0.1) is 0 Å². The third-order valence-electron chi connectivity index (χ3n) is 4.01. The van der Waals surface area contributed by atoms with Crippen LogP contribution in [0.1, 0.15) is 29.9 Å². The van der Waals surface area contributed by atoms with Crippen LogP contribution in [0.3, 0.4) is 0 Å². The molecule has 0 amide bonds. The van der Waals surface area contributed by atoms with Crippen LogP contribution in [0.4, 0.5) is 24.7 Å². The highest BCUT2D eigenvalue weighted by atomic mass is 35.5. The molecule has 1 atom stereocenters. The van der Waals surface area contributed by atoms with Gasteiger partial charge in [-0.2, -0.15) is 13.2 Å². The molecule has 1 saturated carbocycles. The van der Waals surface area contributed by atoms with E-state index in [0.717, 1.165) is 0 Å². The molecule has 4 rings (SSSR count). The van der Waals surface area contributed by atoms with E-state index in [1.165, 1.54) is 43.3 Å². The minimum atomic E-state index is -4.39. The van der Waals surface area contributed by atoms with E-state index in [9.17, 15) is 13.2 Å². The fourth-order valence-corrected chi connectivity index (χ4v) is 2.77. The summed E-state index contributed by atoms with van der Waals surface area (Å²) in [6, 6.07) is 7.35. The fraction of sp³-hybridized carbons (Fsp3) is 0.353. The maximum Gasteiger partial charge on any atom is 0.399 e. The third-order valence-corrected chi connectivity index (χ3v) is 4.25. The van der Waals surface area contributed by atoms with Crippen molar-refractivity contribution in [2.24, 2.45) is 5.92 Å². The van der Waals surface area contributed by atoms with Crippen molar-refractivity contribution in [3.63, 3.8) is 0 Å². The van der Waals surface area contributed by atoms with E-state index in [-0.39, 0.29) is 22.0 Å². The van der Waals surface area contributed by atoms with E-state index in [4.69, 9.17) is 16.7 Å². The number of nitrogens with one attached hydrogen (secondary N) is 1. The highest BCUT2D eigenvalue weighted by Gasteiger charge is 2.46. The van der Waals surface area contributed by atoms with E-state index in [2.05, 4.69) is 10.3 Å². The monoisotopic (exact) mass is 356 g/mol. The molecule has 1 aliphatic carbocycles. The summed E-state index contributed by atoms with van der Waals surface area (Å²) in [6.07, 6.45) is -0.410. The molecular weight excluding hydrogens is 341 g/mol. The number of aliphatic hydroxyl groups excluding tert-OH is 1. The molecule has 2 N–H and O–H groups in total. The first-order valence-corrected chi connectivity index (χ1v) is 7.97. The maximum atomic E-state index is 13.3. The van der Waals surface area contributed by atoms with Crippen molar-refractivity contribution in [1.29, 1.82) is 0 Å². The van der Waals surface area contributed by atoms with Crippen LogP contribution in [0.5, 0.6) is 0 Å². The van der Waals surface area contributed by atoms with Gasteiger partial charge in [0.05, 0.1) is 0 Å². The van der Waals surface area contributed by atoms with Gasteiger partial charge < -0.3 is 10.4 Å². The minimum absolute atomic E-state index is 0.116. The van der Waals surface area contributed by atoms with Gasteiger partial charge in [0.15, 0.2) is 0 Å². The Hall–Kier alpha value is -1.79. The lowest BCUT2D eigenvalue weighted by molar-refractivity contribution is -0.141. The van der Waals surface area contributed by atoms with Gasteiger partial charge in [0.2, 0.25) is 0 Å². The Morgan fingerprint density at radius 2 is 1.96 bits per heavy atom. The molecular formula is C17H16ClF3N2O. The van der Waals surface area contributed by atoms with Crippen molar-refractivity contribution >= 4 is 23.1 Å². The van der Waals surface area contributed by atoms with Crippen LogP contribution < -0.4 is 5.32 Å². The number of benzene rings is 1. The number of hydrogen-bond acceptors (Lipinski definition) is 3. The number of rotatable bonds is 1. The van der Waals surface area contributed by atoms with Crippen molar-refractivity contribution in [1.82, 2.24) is 4.98 Å². The molecule has 0 bridgehead atoms. The number of halogens is 4. The molecule has 3 nitrogen and oxygen atoms in total. The molecule has 1 aromatic carbocycles. The van der Waals surface area contributed by atoms with Gasteiger partial charge in [-0.1, -0.05) is 17.7 Å². The van der Waals surface area contributed by atoms with Crippen LogP contribution in [-0.4, -0.2) is 22.9 Å². The molecule has 24 heavy (non-hydrogen) atoms. The summed E-state index contributed by atoms with van der Waals surface area (Å²) >= 11 is 5.81. The lowest BCUT2D eigenvalue weighted by Crippen LogP contribution is -2.26. The molecule has 1 fully saturated rings. The Morgan fingerprint density at radius 1 is 1.21 bits per heavy atom. The number of alkyl halides is 3. The van der Waals surface area contributed by atoms with E-state index >= 15 is 0 Å². The van der Waals surface area contributed by atoms with Crippen molar-refractivity contribution < 1.29 is 18.3 Å². The number of aliphatic hydroxyl groups is 1. The Kier molecular flexibility index (Phi) is 4.69. The van der Waals surface area contributed by atoms with Crippen LogP contribution in [0.25, 0.3) is 0 Å². The van der Waals surface area contributed by atoms with Crippen molar-refractivity contribution in [3.05, 3.63) is 52.7 Å². The van der Waals surface area contributed by atoms with E-state index in [0.29, 0.717) is 18.2 Å². The second-order valence-electron chi connectivity index (χ2n) is 5.90. The lowest BCUT2D eigenvalue weighted by atomic mass is 9.87. The summed E-state index contributed by atoms with van der Waals surface area (Å²) in [5, 5.41) is 11.4. The van der Waals surface area contributed by atoms with E-state index in [1.807, 2.05) is 0 Å². The zero-order valence-electron chi connectivity index (χ0n) is 12.6. The zero-order valence-corrected chi connectivity index (χ0v) is 13.4. The second kappa shape index (κ2) is 6.61. The van der Waals surface area contributed by atoms with Gasteiger partial charge in [0.25, 0.3) is 0 Å². The van der Waals surface area contributed by atoms with Crippen molar-refractivity contribution in [2.75, 3.05) is 11.9 Å². The predicted molar refractivity (Wildman–Crippen MR) is 86.7 cm³/mol. The lowest BCUT2D eigenvalue weighted by Gasteiger charge is -2.30. The molecule has 0 spiro atoms. The number of hydrogen-bond donors (Lipinski definition) is 2. The van der Waals surface area contributed by atoms with Gasteiger partial charge in [-0.3, -0.25) is 0 Å². The quantitative estimate of drug-likeness (QED) is 0.765. The largest absolute Gasteiger partial charge is 0.399 e. The van der Waals surface area contributed by atoms with E-state index in [1.54, 1.807) is 6.07 Å². The Balaban J connectivity index is 0.000000290. The number of pyridine rings is 1. The SMILES string of the molecule is FC(F)(F)[C@@H]1c2cc(Cl)ccc2Nc2ncccc21.OCC1CC1. The van der Waals surface area contributed by atoms with Gasteiger partial charge in [0, 0.05) is 29.1 Å².